The maximum atomic E-state index is 12.5. The predicted octanol–water partition coefficient (Wildman–Crippen LogP) is 1.28. The first-order valence-electron chi connectivity index (χ1n) is 6.44. The van der Waals surface area contributed by atoms with E-state index in [2.05, 4.69) is 10.3 Å². The van der Waals surface area contributed by atoms with E-state index in [1.807, 2.05) is 18.2 Å². The van der Waals surface area contributed by atoms with Gasteiger partial charge in [0.2, 0.25) is 5.91 Å². The lowest BCUT2D eigenvalue weighted by Gasteiger charge is -2.30. The average molecular weight is 287 g/mol. The summed E-state index contributed by atoms with van der Waals surface area (Å²) < 4.78 is 0. The average Bonchev–Trinajstić information content (AvgIpc) is 3.23. The van der Waals surface area contributed by atoms with E-state index in [9.17, 15) is 9.59 Å². The zero-order valence-corrected chi connectivity index (χ0v) is 11.5. The van der Waals surface area contributed by atoms with Crippen LogP contribution in [-0.2, 0) is 9.59 Å². The number of aliphatic imine (C=N–C) groups is 1. The molecule has 1 atom stereocenters. The zero-order valence-electron chi connectivity index (χ0n) is 10.7. The Hall–Kier alpha value is -2.08. The van der Waals surface area contributed by atoms with Crippen LogP contribution in [0.2, 0.25) is 0 Å². The summed E-state index contributed by atoms with van der Waals surface area (Å²) in [5.74, 6) is -1.66. The summed E-state index contributed by atoms with van der Waals surface area (Å²) in [6, 6.07) is 9.30. The highest BCUT2D eigenvalue weighted by Crippen LogP contribution is 2.24. The van der Waals surface area contributed by atoms with Gasteiger partial charge in [-0.3, -0.25) is 19.5 Å². The van der Waals surface area contributed by atoms with Gasteiger partial charge in [-0.2, -0.15) is 0 Å². The van der Waals surface area contributed by atoms with Gasteiger partial charge in [0.1, 0.15) is 0 Å². The summed E-state index contributed by atoms with van der Waals surface area (Å²) in [4.78, 5) is 29.9. The predicted molar refractivity (Wildman–Crippen MR) is 79.7 cm³/mol. The molecule has 3 rings (SSSR count). The second-order valence-corrected chi connectivity index (χ2v) is 5.20. The molecule has 1 aromatic rings. The van der Waals surface area contributed by atoms with Crippen LogP contribution in [0.15, 0.2) is 35.3 Å². The molecule has 1 aromatic carbocycles. The van der Waals surface area contributed by atoms with Crippen molar-refractivity contribution in [3.8, 4) is 0 Å². The third-order valence-electron chi connectivity index (χ3n) is 3.21. The Balaban J connectivity index is 1.88. The highest BCUT2D eigenvalue weighted by atomic mass is 32.1. The van der Waals surface area contributed by atoms with E-state index >= 15 is 0 Å². The highest BCUT2D eigenvalue weighted by Gasteiger charge is 2.38. The van der Waals surface area contributed by atoms with Crippen LogP contribution < -0.4 is 10.2 Å². The molecular weight excluding hydrogens is 274 g/mol. The first-order chi connectivity index (χ1) is 9.66. The minimum absolute atomic E-state index is 0.113. The number of hydrogen-bond acceptors (Lipinski definition) is 4. The van der Waals surface area contributed by atoms with Crippen LogP contribution >= 0.6 is 12.2 Å². The lowest BCUT2D eigenvalue weighted by atomic mass is 10.1. The SMILES string of the molecule is O=C1NC(=S)N(c2ccccc2)C(=O)[C@H]1C=NC1CC1. The number of para-hydroxylation sites is 1. The molecule has 6 heteroatoms. The molecule has 1 saturated heterocycles. The van der Waals surface area contributed by atoms with Gasteiger partial charge in [0.05, 0.1) is 5.69 Å². The van der Waals surface area contributed by atoms with Crippen molar-refractivity contribution < 1.29 is 9.59 Å². The van der Waals surface area contributed by atoms with Gasteiger partial charge in [-0.25, -0.2) is 0 Å². The lowest BCUT2D eigenvalue weighted by Crippen LogP contribution is -2.58. The molecule has 1 N–H and O–H groups in total. The fourth-order valence-electron chi connectivity index (χ4n) is 1.97. The summed E-state index contributed by atoms with van der Waals surface area (Å²) in [7, 11) is 0. The van der Waals surface area contributed by atoms with Crippen LogP contribution in [0.5, 0.6) is 0 Å². The Labute approximate surface area is 121 Å². The minimum Gasteiger partial charge on any atom is -0.301 e. The Bertz CT molecular complexity index is 596. The molecule has 0 radical (unpaired) electrons. The summed E-state index contributed by atoms with van der Waals surface area (Å²) in [6.07, 6.45) is 3.51. The van der Waals surface area contributed by atoms with E-state index in [0.717, 1.165) is 12.8 Å². The van der Waals surface area contributed by atoms with Crippen LogP contribution in [0.4, 0.5) is 5.69 Å². The smallest absolute Gasteiger partial charge is 0.251 e. The van der Waals surface area contributed by atoms with Crippen LogP contribution in [0.25, 0.3) is 0 Å². The molecule has 5 nitrogen and oxygen atoms in total. The third kappa shape index (κ3) is 2.46. The Morgan fingerprint density at radius 3 is 2.60 bits per heavy atom. The number of benzene rings is 1. The standard InChI is InChI=1S/C14H13N3O2S/c18-12-11(8-15-9-6-7-9)13(19)17(14(20)16-12)10-4-2-1-3-5-10/h1-5,8-9,11H,6-7H2,(H,16,18,20)/t11-/m0/s1. The fourth-order valence-corrected chi connectivity index (χ4v) is 2.27. The minimum atomic E-state index is -0.900. The number of rotatable bonds is 3. The van der Waals surface area contributed by atoms with Crippen molar-refractivity contribution >= 4 is 41.0 Å². The second kappa shape index (κ2) is 5.13. The van der Waals surface area contributed by atoms with Gasteiger partial charge in [-0.15, -0.1) is 0 Å². The number of hydrogen-bond donors (Lipinski definition) is 1. The van der Waals surface area contributed by atoms with Gasteiger partial charge in [0, 0.05) is 12.3 Å². The monoisotopic (exact) mass is 287 g/mol. The summed E-state index contributed by atoms with van der Waals surface area (Å²) in [5, 5.41) is 2.67. The molecule has 20 heavy (non-hydrogen) atoms. The van der Waals surface area contributed by atoms with E-state index in [0.29, 0.717) is 5.69 Å². The quantitative estimate of drug-likeness (QED) is 0.517. The highest BCUT2D eigenvalue weighted by molar-refractivity contribution is 7.80. The van der Waals surface area contributed by atoms with Gasteiger partial charge in [0.25, 0.3) is 5.91 Å². The number of nitrogens with zero attached hydrogens (tertiary/aromatic N) is 2. The maximum Gasteiger partial charge on any atom is 0.251 e. The summed E-state index contributed by atoms with van der Waals surface area (Å²) in [5.41, 5.74) is 0.646. The van der Waals surface area contributed by atoms with Crippen molar-refractivity contribution in [1.82, 2.24) is 5.32 Å². The van der Waals surface area contributed by atoms with E-state index < -0.39 is 11.8 Å². The molecular formula is C14H13N3O2S. The third-order valence-corrected chi connectivity index (χ3v) is 3.49. The Morgan fingerprint density at radius 1 is 1.25 bits per heavy atom. The molecule has 1 aliphatic heterocycles. The molecule has 0 unspecified atom stereocenters. The van der Waals surface area contributed by atoms with Gasteiger partial charge in [-0.1, -0.05) is 18.2 Å². The van der Waals surface area contributed by atoms with Crippen LogP contribution in [0.3, 0.4) is 0 Å². The largest absolute Gasteiger partial charge is 0.301 e. The molecule has 1 heterocycles. The van der Waals surface area contributed by atoms with Crippen molar-refractivity contribution in [1.29, 1.82) is 0 Å². The van der Waals surface area contributed by atoms with E-state index in [1.54, 1.807) is 12.1 Å². The van der Waals surface area contributed by atoms with Crippen molar-refractivity contribution in [3.63, 3.8) is 0 Å². The normalized spacial score (nSPS) is 23.3. The van der Waals surface area contributed by atoms with Gasteiger partial charge >= 0.3 is 0 Å². The molecule has 1 aliphatic carbocycles. The van der Waals surface area contributed by atoms with Crippen LogP contribution in [-0.4, -0.2) is 29.2 Å². The van der Waals surface area contributed by atoms with Gasteiger partial charge in [-0.05, 0) is 37.2 Å². The van der Waals surface area contributed by atoms with Crippen LogP contribution in [0, 0.1) is 5.92 Å². The summed E-state index contributed by atoms with van der Waals surface area (Å²) >= 11 is 5.09. The number of thiocarbonyl (C=S) groups is 1. The maximum absolute atomic E-state index is 12.5. The van der Waals surface area contributed by atoms with Gasteiger partial charge < -0.3 is 5.32 Å². The lowest BCUT2D eigenvalue weighted by molar-refractivity contribution is -0.130. The van der Waals surface area contributed by atoms with Crippen LogP contribution in [0.1, 0.15) is 12.8 Å². The van der Waals surface area contributed by atoms with Crippen molar-refractivity contribution in [3.05, 3.63) is 30.3 Å². The fraction of sp³-hybridized carbons (Fsp3) is 0.286. The molecule has 0 spiro atoms. The number of carbonyl (C=O) groups is 2. The molecule has 2 aliphatic rings. The number of nitrogens with one attached hydrogen (secondary N) is 1. The number of anilines is 1. The first kappa shape index (κ1) is 12.9. The van der Waals surface area contributed by atoms with Crippen molar-refractivity contribution in [2.24, 2.45) is 10.9 Å². The topological polar surface area (TPSA) is 61.8 Å². The van der Waals surface area contributed by atoms with Crippen molar-refractivity contribution in [2.45, 2.75) is 18.9 Å². The Kier molecular flexibility index (Phi) is 3.31. The molecule has 2 fully saturated rings. The molecule has 1 saturated carbocycles. The van der Waals surface area contributed by atoms with E-state index in [-0.39, 0.29) is 17.1 Å². The number of amides is 2. The molecule has 0 bridgehead atoms. The first-order valence-corrected chi connectivity index (χ1v) is 6.85. The summed E-state index contributed by atoms with van der Waals surface area (Å²) in [6.45, 7) is 0. The second-order valence-electron chi connectivity index (χ2n) is 4.81. The van der Waals surface area contributed by atoms with Crippen molar-refractivity contribution in [2.75, 3.05) is 4.90 Å². The van der Waals surface area contributed by atoms with E-state index in [1.165, 1.54) is 11.1 Å². The number of carbonyl (C=O) groups excluding carboxylic acids is 2. The Morgan fingerprint density at radius 2 is 1.95 bits per heavy atom. The zero-order chi connectivity index (χ0) is 14.1. The molecule has 102 valence electrons. The van der Waals surface area contributed by atoms with Gasteiger partial charge in [0.15, 0.2) is 11.0 Å². The molecule has 0 aromatic heterocycles. The molecule has 2 amide bonds. The van der Waals surface area contributed by atoms with E-state index in [4.69, 9.17) is 12.2 Å².